The molecule has 0 radical (unpaired) electrons. The zero-order valence-corrected chi connectivity index (χ0v) is 8.82. The van der Waals surface area contributed by atoms with Crippen LogP contribution in [-0.2, 0) is 4.79 Å². The van der Waals surface area contributed by atoms with Crippen LogP contribution in [0.5, 0.6) is 5.75 Å². The van der Waals surface area contributed by atoms with Crippen molar-refractivity contribution in [2.24, 2.45) is 5.73 Å². The zero-order valence-electron chi connectivity index (χ0n) is 8.82. The van der Waals surface area contributed by atoms with Crippen LogP contribution in [0.3, 0.4) is 0 Å². The molecule has 5 heteroatoms. The fourth-order valence-electron chi connectivity index (χ4n) is 0.943. The third-order valence-corrected chi connectivity index (χ3v) is 1.68. The lowest BCUT2D eigenvalue weighted by atomic mass is 10.3. The minimum atomic E-state index is -0.647. The first-order chi connectivity index (χ1) is 7.49. The second-order valence-corrected chi connectivity index (χ2v) is 3.18. The molecule has 0 saturated carbocycles. The molecule has 84 valence electrons. The summed E-state index contributed by atoms with van der Waals surface area (Å²) in [5.41, 5.74) is 5.79. The van der Waals surface area contributed by atoms with Crippen LogP contribution >= 0.6 is 0 Å². The van der Waals surface area contributed by atoms with Crippen LogP contribution in [0.1, 0.15) is 6.92 Å². The number of hydrogen-bond acceptors (Lipinski definition) is 3. The van der Waals surface area contributed by atoms with E-state index in [1.165, 1.54) is 0 Å². The molecule has 0 bridgehead atoms. The smallest absolute Gasteiger partial charge is 0.338 e. The molecule has 5 nitrogen and oxygen atoms in total. The van der Waals surface area contributed by atoms with E-state index < -0.39 is 12.0 Å². The maximum atomic E-state index is 11.2. The molecule has 3 N–H and O–H groups in total. The highest BCUT2D eigenvalue weighted by Gasteiger charge is 2.05. The van der Waals surface area contributed by atoms with Gasteiger partial charge in [-0.05, 0) is 31.2 Å². The monoisotopic (exact) mass is 220 g/mol. The Kier molecular flexibility index (Phi) is 3.66. The van der Waals surface area contributed by atoms with Crippen molar-refractivity contribution in [3.8, 4) is 5.75 Å². The third kappa shape index (κ3) is 3.45. The van der Waals surface area contributed by atoms with Gasteiger partial charge >= 0.3 is 12.0 Å². The molecule has 1 aromatic carbocycles. The van der Waals surface area contributed by atoms with Gasteiger partial charge in [0.25, 0.3) is 0 Å². The van der Waals surface area contributed by atoms with Crippen molar-refractivity contribution in [3.05, 3.63) is 36.4 Å². The Morgan fingerprint density at radius 2 is 1.88 bits per heavy atom. The molecule has 0 aliphatic heterocycles. The van der Waals surface area contributed by atoms with Gasteiger partial charge in [0.2, 0.25) is 0 Å². The molecule has 1 rings (SSSR count). The molecule has 0 unspecified atom stereocenters. The van der Waals surface area contributed by atoms with Gasteiger partial charge < -0.3 is 15.8 Å². The van der Waals surface area contributed by atoms with E-state index in [1.54, 1.807) is 31.2 Å². The van der Waals surface area contributed by atoms with E-state index in [9.17, 15) is 9.59 Å². The van der Waals surface area contributed by atoms with E-state index in [-0.39, 0.29) is 0 Å². The van der Waals surface area contributed by atoms with Gasteiger partial charge in [0.1, 0.15) is 5.75 Å². The number of nitrogens with one attached hydrogen (secondary N) is 1. The number of nitrogens with two attached hydrogens (primary N) is 1. The first-order valence-corrected chi connectivity index (χ1v) is 4.53. The summed E-state index contributed by atoms with van der Waals surface area (Å²) in [6.07, 6.45) is 0. The second-order valence-electron chi connectivity index (χ2n) is 3.18. The number of benzene rings is 1. The molecule has 0 aliphatic carbocycles. The normalized spacial score (nSPS) is 9.31. The lowest BCUT2D eigenvalue weighted by molar-refractivity contribution is -0.130. The summed E-state index contributed by atoms with van der Waals surface area (Å²) in [6.45, 7) is 5.02. The maximum absolute atomic E-state index is 11.2. The molecule has 0 saturated heterocycles. The van der Waals surface area contributed by atoms with Gasteiger partial charge in [0.05, 0.1) is 0 Å². The van der Waals surface area contributed by atoms with Gasteiger partial charge in [-0.1, -0.05) is 6.58 Å². The maximum Gasteiger partial charge on any atom is 0.338 e. The van der Waals surface area contributed by atoms with E-state index in [2.05, 4.69) is 11.9 Å². The zero-order chi connectivity index (χ0) is 12.1. The van der Waals surface area contributed by atoms with Crippen LogP contribution in [0, 0.1) is 0 Å². The Labute approximate surface area is 92.9 Å². The topological polar surface area (TPSA) is 81.4 Å². The molecule has 2 amide bonds. The number of carbonyl (C=O) groups excluding carboxylic acids is 2. The quantitative estimate of drug-likeness (QED) is 0.461. The van der Waals surface area contributed by atoms with Crippen LogP contribution in [0.25, 0.3) is 0 Å². The predicted molar refractivity (Wildman–Crippen MR) is 60.1 cm³/mol. The van der Waals surface area contributed by atoms with Crippen LogP contribution in [-0.4, -0.2) is 12.0 Å². The van der Waals surface area contributed by atoms with Gasteiger partial charge in [-0.15, -0.1) is 0 Å². The summed E-state index contributed by atoms with van der Waals surface area (Å²) in [5, 5.41) is 2.39. The number of hydrogen-bond donors (Lipinski definition) is 2. The standard InChI is InChI=1S/C11H12N2O3/c1-7(2)10(14)16-9-5-3-8(4-6-9)13-11(12)15/h3-6H,1H2,2H3,(H3,12,13,15). The molecule has 0 aliphatic rings. The summed E-state index contributed by atoms with van der Waals surface area (Å²) < 4.78 is 4.95. The van der Waals surface area contributed by atoms with Gasteiger partial charge in [0.15, 0.2) is 0 Å². The minimum absolute atomic E-state index is 0.319. The Morgan fingerprint density at radius 1 is 1.31 bits per heavy atom. The van der Waals surface area contributed by atoms with Crippen molar-refractivity contribution < 1.29 is 14.3 Å². The first-order valence-electron chi connectivity index (χ1n) is 4.53. The number of urea groups is 1. The first kappa shape index (κ1) is 11.8. The van der Waals surface area contributed by atoms with Crippen LogP contribution in [0.4, 0.5) is 10.5 Å². The minimum Gasteiger partial charge on any atom is -0.423 e. The average Bonchev–Trinajstić information content (AvgIpc) is 2.20. The van der Waals surface area contributed by atoms with Crippen molar-refractivity contribution in [3.63, 3.8) is 0 Å². The highest BCUT2D eigenvalue weighted by Crippen LogP contribution is 2.16. The molecular formula is C11H12N2O3. The van der Waals surface area contributed by atoms with E-state index in [1.807, 2.05) is 0 Å². The molecule has 0 aromatic heterocycles. The lowest BCUT2D eigenvalue weighted by Crippen LogP contribution is -2.19. The molecular weight excluding hydrogens is 208 g/mol. The van der Waals surface area contributed by atoms with E-state index in [0.717, 1.165) is 0 Å². The van der Waals surface area contributed by atoms with Crippen molar-refractivity contribution >= 4 is 17.7 Å². The molecule has 0 heterocycles. The van der Waals surface area contributed by atoms with Gasteiger partial charge in [0, 0.05) is 11.3 Å². The summed E-state index contributed by atoms with van der Waals surface area (Å²) in [6, 6.07) is 5.60. The number of ether oxygens (including phenoxy) is 1. The number of rotatable bonds is 3. The van der Waals surface area contributed by atoms with Crippen LogP contribution in [0.2, 0.25) is 0 Å². The Balaban J connectivity index is 2.68. The highest BCUT2D eigenvalue weighted by atomic mass is 16.5. The molecule has 0 atom stereocenters. The van der Waals surface area contributed by atoms with Crippen molar-refractivity contribution in [1.29, 1.82) is 0 Å². The van der Waals surface area contributed by atoms with Crippen molar-refractivity contribution in [2.45, 2.75) is 6.92 Å². The molecule has 1 aromatic rings. The molecule has 0 fully saturated rings. The van der Waals surface area contributed by atoms with Gasteiger partial charge in [-0.2, -0.15) is 0 Å². The van der Waals surface area contributed by atoms with Crippen molar-refractivity contribution in [1.82, 2.24) is 0 Å². The lowest BCUT2D eigenvalue weighted by Gasteiger charge is -2.05. The number of primary amides is 1. The Hall–Kier alpha value is -2.30. The summed E-state index contributed by atoms with van der Waals surface area (Å²) in [4.78, 5) is 21.7. The SMILES string of the molecule is C=C(C)C(=O)Oc1ccc(NC(N)=O)cc1. The van der Waals surface area contributed by atoms with E-state index in [4.69, 9.17) is 10.5 Å². The number of amides is 2. The third-order valence-electron chi connectivity index (χ3n) is 1.68. The van der Waals surface area contributed by atoms with Crippen LogP contribution < -0.4 is 15.8 Å². The number of esters is 1. The fraction of sp³-hybridized carbons (Fsp3) is 0.0909. The molecule has 16 heavy (non-hydrogen) atoms. The largest absolute Gasteiger partial charge is 0.423 e. The van der Waals surface area contributed by atoms with Crippen molar-refractivity contribution in [2.75, 3.05) is 5.32 Å². The average molecular weight is 220 g/mol. The van der Waals surface area contributed by atoms with Gasteiger partial charge in [-0.25, -0.2) is 9.59 Å². The number of carbonyl (C=O) groups is 2. The summed E-state index contributed by atoms with van der Waals surface area (Å²) in [5.74, 6) is -0.112. The van der Waals surface area contributed by atoms with E-state index >= 15 is 0 Å². The summed E-state index contributed by atoms with van der Waals surface area (Å²) in [7, 11) is 0. The second kappa shape index (κ2) is 4.97. The Bertz CT molecular complexity index is 423. The van der Waals surface area contributed by atoms with Gasteiger partial charge in [-0.3, -0.25) is 0 Å². The van der Waals surface area contributed by atoms with Crippen LogP contribution in [0.15, 0.2) is 36.4 Å². The molecule has 0 spiro atoms. The highest BCUT2D eigenvalue weighted by molar-refractivity contribution is 5.89. The van der Waals surface area contributed by atoms with E-state index in [0.29, 0.717) is 17.0 Å². The predicted octanol–water partition coefficient (Wildman–Crippen LogP) is 1.66. The summed E-state index contributed by atoms with van der Waals surface area (Å²) >= 11 is 0. The number of anilines is 1. The Morgan fingerprint density at radius 3 is 2.31 bits per heavy atom. The fourth-order valence-corrected chi connectivity index (χ4v) is 0.943.